The molecule has 0 aliphatic heterocycles. The van der Waals surface area contributed by atoms with Gasteiger partial charge in [-0.15, -0.1) is 0 Å². The molecule has 0 radical (unpaired) electrons. The van der Waals surface area contributed by atoms with Gasteiger partial charge in [0.15, 0.2) is 0 Å². The number of ether oxygens (including phenoxy) is 1. The second kappa shape index (κ2) is 7.23. The molecule has 0 aliphatic carbocycles. The third-order valence-corrected chi connectivity index (χ3v) is 2.31. The number of aliphatic hydroxyl groups is 1. The first-order valence-corrected chi connectivity index (χ1v) is 5.13. The van der Waals surface area contributed by atoms with Gasteiger partial charge in [0.1, 0.15) is 0 Å². The minimum Gasteiger partial charge on any atom is -0.389 e. The van der Waals surface area contributed by atoms with Crippen LogP contribution < -0.4 is 5.32 Å². The highest BCUT2D eigenvalue weighted by Gasteiger charge is 2.18. The van der Waals surface area contributed by atoms with Gasteiger partial charge in [0.25, 0.3) is 0 Å². The molecule has 1 atom stereocenters. The van der Waals surface area contributed by atoms with Crippen molar-refractivity contribution in [3.8, 4) is 0 Å². The van der Waals surface area contributed by atoms with E-state index in [-0.39, 0.29) is 0 Å². The molecule has 0 bridgehead atoms. The Morgan fingerprint density at radius 1 is 1.64 bits per heavy atom. The van der Waals surface area contributed by atoms with Crippen LogP contribution in [0.25, 0.3) is 0 Å². The highest BCUT2D eigenvalue weighted by Crippen LogP contribution is 2.07. The topological polar surface area (TPSA) is 41.5 Å². The van der Waals surface area contributed by atoms with Crippen LogP contribution in [0.3, 0.4) is 0 Å². The second-order valence-corrected chi connectivity index (χ2v) is 4.02. The number of hydrogen-bond acceptors (Lipinski definition) is 3. The lowest BCUT2D eigenvalue weighted by molar-refractivity contribution is 0.0256. The van der Waals surface area contributed by atoms with Crippen molar-refractivity contribution in [2.24, 2.45) is 0 Å². The van der Waals surface area contributed by atoms with Gasteiger partial charge in [-0.1, -0.05) is 11.6 Å². The molecule has 14 heavy (non-hydrogen) atoms. The molecule has 1 unspecified atom stereocenters. The van der Waals surface area contributed by atoms with Crippen LogP contribution in [0.15, 0.2) is 11.1 Å². The summed E-state index contributed by atoms with van der Waals surface area (Å²) >= 11 is 5.50. The maximum atomic E-state index is 9.84. The van der Waals surface area contributed by atoms with E-state index in [1.165, 1.54) is 5.54 Å². The average Bonchev–Trinajstić information content (AvgIpc) is 2.14. The quantitative estimate of drug-likeness (QED) is 0.685. The maximum Gasteiger partial charge on any atom is 0.0765 e. The zero-order valence-corrected chi connectivity index (χ0v) is 9.90. The summed E-state index contributed by atoms with van der Waals surface area (Å²) in [5.74, 6) is 0. The fourth-order valence-corrected chi connectivity index (χ4v) is 1.06. The van der Waals surface area contributed by atoms with E-state index in [9.17, 15) is 5.11 Å². The van der Waals surface area contributed by atoms with E-state index in [2.05, 4.69) is 5.32 Å². The third kappa shape index (κ3) is 7.33. The second-order valence-electron chi connectivity index (χ2n) is 3.80. The Kier molecular flexibility index (Phi) is 7.19. The van der Waals surface area contributed by atoms with Crippen molar-refractivity contribution in [1.82, 2.24) is 5.32 Å². The first-order chi connectivity index (χ1) is 6.52. The van der Waals surface area contributed by atoms with Gasteiger partial charge in [-0.25, -0.2) is 0 Å². The molecule has 0 aliphatic rings. The van der Waals surface area contributed by atoms with Gasteiger partial charge in [0, 0.05) is 38.8 Å². The molecule has 0 spiro atoms. The van der Waals surface area contributed by atoms with Crippen LogP contribution >= 0.6 is 11.6 Å². The summed E-state index contributed by atoms with van der Waals surface area (Å²) in [6.07, 6.45) is 0.625. The summed E-state index contributed by atoms with van der Waals surface area (Å²) in [7, 11) is 1.63. The molecule has 0 aromatic heterocycles. The highest BCUT2D eigenvalue weighted by molar-refractivity contribution is 6.25. The molecule has 0 aromatic carbocycles. The van der Waals surface area contributed by atoms with Crippen molar-refractivity contribution in [3.05, 3.63) is 11.1 Å². The Hall–Kier alpha value is -0.0900. The molecule has 84 valence electrons. The number of rotatable bonds is 7. The summed E-state index contributed by atoms with van der Waals surface area (Å²) in [4.78, 5) is 0. The Balaban J connectivity index is 3.64. The van der Waals surface area contributed by atoms with Crippen molar-refractivity contribution < 1.29 is 9.84 Å². The largest absolute Gasteiger partial charge is 0.389 e. The van der Waals surface area contributed by atoms with Crippen molar-refractivity contribution in [2.45, 2.75) is 25.9 Å². The smallest absolute Gasteiger partial charge is 0.0765 e. The van der Waals surface area contributed by atoms with E-state index < -0.39 is 5.60 Å². The van der Waals surface area contributed by atoms with Crippen LogP contribution in [0.2, 0.25) is 0 Å². The molecule has 0 fully saturated rings. The zero-order chi connectivity index (χ0) is 11.0. The molecule has 4 heteroatoms. The predicted octanol–water partition coefficient (Wildman–Crippen LogP) is 1.51. The summed E-state index contributed by atoms with van der Waals surface area (Å²) < 4.78 is 4.91. The minimum absolute atomic E-state index is 0.540. The number of hydrogen-bond donors (Lipinski definition) is 2. The number of halogens is 1. The van der Waals surface area contributed by atoms with Crippen LogP contribution in [0, 0.1) is 0 Å². The van der Waals surface area contributed by atoms with Gasteiger partial charge in [-0.05, 0) is 19.4 Å². The van der Waals surface area contributed by atoms with E-state index in [1.807, 2.05) is 6.92 Å². The molecule has 0 saturated carbocycles. The van der Waals surface area contributed by atoms with E-state index in [0.29, 0.717) is 26.1 Å². The van der Waals surface area contributed by atoms with Crippen molar-refractivity contribution in [2.75, 3.05) is 26.8 Å². The van der Waals surface area contributed by atoms with Crippen molar-refractivity contribution in [1.29, 1.82) is 0 Å². The van der Waals surface area contributed by atoms with E-state index in [1.54, 1.807) is 14.0 Å². The molecule has 0 saturated heterocycles. The Morgan fingerprint density at radius 3 is 2.79 bits per heavy atom. The maximum absolute atomic E-state index is 9.84. The van der Waals surface area contributed by atoms with E-state index in [4.69, 9.17) is 16.3 Å². The summed E-state index contributed by atoms with van der Waals surface area (Å²) in [5.41, 5.74) is 1.87. The molecule has 2 N–H and O–H groups in total. The van der Waals surface area contributed by atoms with Gasteiger partial charge in [-0.2, -0.15) is 0 Å². The lowest BCUT2D eigenvalue weighted by Gasteiger charge is -2.23. The third-order valence-electron chi connectivity index (χ3n) is 1.94. The van der Waals surface area contributed by atoms with Crippen molar-refractivity contribution >= 4 is 11.6 Å². The van der Waals surface area contributed by atoms with E-state index in [0.717, 1.165) is 5.57 Å². The molecule has 3 nitrogen and oxygen atoms in total. The highest BCUT2D eigenvalue weighted by atomic mass is 35.5. The molecular formula is C10H20ClNO2. The van der Waals surface area contributed by atoms with Crippen molar-refractivity contribution in [3.63, 3.8) is 0 Å². The van der Waals surface area contributed by atoms with Crippen LogP contribution in [-0.4, -0.2) is 37.5 Å². The molecule has 0 heterocycles. The SMILES string of the molecule is COCCC(C)(O)CNCC(C)=CCl. The zero-order valence-electron chi connectivity index (χ0n) is 9.14. The monoisotopic (exact) mass is 221 g/mol. The predicted molar refractivity (Wildman–Crippen MR) is 59.6 cm³/mol. The number of nitrogens with one attached hydrogen (secondary N) is 1. The molecule has 0 rings (SSSR count). The van der Waals surface area contributed by atoms with E-state index >= 15 is 0 Å². The fourth-order valence-electron chi connectivity index (χ4n) is 0.978. The Labute approximate surface area is 91.1 Å². The lowest BCUT2D eigenvalue weighted by atomic mass is 10.0. The number of methoxy groups -OCH3 is 1. The van der Waals surface area contributed by atoms with Crippen LogP contribution in [0.1, 0.15) is 20.3 Å². The average molecular weight is 222 g/mol. The van der Waals surface area contributed by atoms with Crippen LogP contribution in [-0.2, 0) is 4.74 Å². The minimum atomic E-state index is -0.720. The van der Waals surface area contributed by atoms with Crippen LogP contribution in [0.5, 0.6) is 0 Å². The summed E-state index contributed by atoms with van der Waals surface area (Å²) in [6, 6.07) is 0. The Bertz CT molecular complexity index is 181. The molecule has 0 amide bonds. The van der Waals surface area contributed by atoms with Gasteiger partial charge >= 0.3 is 0 Å². The standard InChI is InChI=1S/C10H20ClNO2/c1-9(6-11)7-12-8-10(2,13)4-5-14-3/h6,12-13H,4-5,7-8H2,1-3H3. The summed E-state index contributed by atoms with van der Waals surface area (Å²) in [5, 5.41) is 13.0. The van der Waals surface area contributed by atoms with Crippen LogP contribution in [0.4, 0.5) is 0 Å². The van der Waals surface area contributed by atoms with Gasteiger partial charge in [0.05, 0.1) is 5.60 Å². The first-order valence-electron chi connectivity index (χ1n) is 4.70. The normalized spacial score (nSPS) is 16.8. The first kappa shape index (κ1) is 13.9. The summed E-state index contributed by atoms with van der Waals surface area (Å²) in [6.45, 7) is 5.53. The van der Waals surface area contributed by atoms with Gasteiger partial charge < -0.3 is 15.2 Å². The van der Waals surface area contributed by atoms with Gasteiger partial charge in [0.2, 0.25) is 0 Å². The molecular weight excluding hydrogens is 202 g/mol. The molecule has 0 aromatic rings. The van der Waals surface area contributed by atoms with Gasteiger partial charge in [-0.3, -0.25) is 0 Å². The lowest BCUT2D eigenvalue weighted by Crippen LogP contribution is -2.39. The fraction of sp³-hybridized carbons (Fsp3) is 0.800. The Morgan fingerprint density at radius 2 is 2.29 bits per heavy atom.